The molecule has 0 fully saturated rings. The minimum absolute atomic E-state index is 0.180. The van der Waals surface area contributed by atoms with Crippen LogP contribution in [0, 0.1) is 5.92 Å². The van der Waals surface area contributed by atoms with Crippen molar-refractivity contribution < 1.29 is 9.53 Å². The van der Waals surface area contributed by atoms with Gasteiger partial charge < -0.3 is 9.53 Å². The van der Waals surface area contributed by atoms with Crippen molar-refractivity contribution in [2.24, 2.45) is 5.92 Å². The molecule has 20 heavy (non-hydrogen) atoms. The average molecular weight is 284 g/mol. The molecular formula is C18H36O2. The van der Waals surface area contributed by atoms with Gasteiger partial charge in [-0.2, -0.15) is 0 Å². The average Bonchev–Trinajstić information content (AvgIpc) is 2.44. The van der Waals surface area contributed by atoms with Gasteiger partial charge in [-0.25, -0.2) is 0 Å². The van der Waals surface area contributed by atoms with Crippen molar-refractivity contribution in [3.63, 3.8) is 0 Å². The Hall–Kier alpha value is -0.370. The highest BCUT2D eigenvalue weighted by Crippen LogP contribution is 2.28. The van der Waals surface area contributed by atoms with Crippen molar-refractivity contribution in [2.75, 3.05) is 7.11 Å². The summed E-state index contributed by atoms with van der Waals surface area (Å²) >= 11 is 0. The molecule has 0 aromatic heterocycles. The van der Waals surface area contributed by atoms with Crippen molar-refractivity contribution in [3.05, 3.63) is 0 Å². The van der Waals surface area contributed by atoms with Gasteiger partial charge in [-0.15, -0.1) is 0 Å². The maximum Gasteiger partial charge on any atom is 0.120 e. The van der Waals surface area contributed by atoms with Crippen LogP contribution in [0.15, 0.2) is 0 Å². The van der Waals surface area contributed by atoms with Gasteiger partial charge in [-0.3, -0.25) is 0 Å². The number of ether oxygens (including phenoxy) is 1. The van der Waals surface area contributed by atoms with E-state index in [9.17, 15) is 4.79 Å². The number of methoxy groups -OCH3 is 1. The fraction of sp³-hybridized carbons (Fsp3) is 0.944. The Balaban J connectivity index is 3.62. The molecule has 0 rings (SSSR count). The lowest BCUT2D eigenvalue weighted by Crippen LogP contribution is -2.33. The van der Waals surface area contributed by atoms with E-state index in [1.54, 1.807) is 7.11 Å². The molecule has 0 saturated heterocycles. The Labute approximate surface area is 126 Å². The number of unbranched alkanes of at least 4 members (excludes halogenated alkanes) is 8. The lowest BCUT2D eigenvalue weighted by Gasteiger charge is -2.32. The first kappa shape index (κ1) is 19.6. The molecule has 0 bridgehead atoms. The van der Waals surface area contributed by atoms with E-state index < -0.39 is 0 Å². The van der Waals surface area contributed by atoms with Crippen LogP contribution >= 0.6 is 0 Å². The zero-order valence-electron chi connectivity index (χ0n) is 14.2. The van der Waals surface area contributed by atoms with Crippen molar-refractivity contribution >= 4 is 6.29 Å². The Bertz CT molecular complexity index is 223. The molecule has 120 valence electrons. The summed E-state index contributed by atoms with van der Waals surface area (Å²) in [6.07, 6.45) is 14.9. The highest BCUT2D eigenvalue weighted by atomic mass is 16.5. The third-order valence-corrected chi connectivity index (χ3v) is 4.55. The van der Waals surface area contributed by atoms with E-state index >= 15 is 0 Å². The molecule has 0 heterocycles. The van der Waals surface area contributed by atoms with E-state index in [-0.39, 0.29) is 5.60 Å². The van der Waals surface area contributed by atoms with Crippen LogP contribution in [0.5, 0.6) is 0 Å². The summed E-state index contributed by atoms with van der Waals surface area (Å²) in [5.74, 6) is 0.356. The molecule has 0 N–H and O–H groups in total. The molecule has 0 aromatic carbocycles. The van der Waals surface area contributed by atoms with E-state index in [2.05, 4.69) is 20.8 Å². The van der Waals surface area contributed by atoms with Crippen LogP contribution in [0.25, 0.3) is 0 Å². The van der Waals surface area contributed by atoms with E-state index in [0.29, 0.717) is 12.3 Å². The molecule has 0 aliphatic rings. The summed E-state index contributed by atoms with van der Waals surface area (Å²) in [5, 5.41) is 0. The molecule has 0 spiro atoms. The third-order valence-electron chi connectivity index (χ3n) is 4.55. The van der Waals surface area contributed by atoms with Gasteiger partial charge in [0, 0.05) is 13.5 Å². The predicted octanol–water partition coefficient (Wildman–Crippen LogP) is 5.54. The van der Waals surface area contributed by atoms with Gasteiger partial charge in [0.15, 0.2) is 0 Å². The number of aldehydes is 1. The lowest BCUT2D eigenvalue weighted by molar-refractivity contribution is -0.111. The molecule has 0 aliphatic carbocycles. The minimum atomic E-state index is -0.180. The largest absolute Gasteiger partial charge is 0.379 e. The van der Waals surface area contributed by atoms with Crippen LogP contribution in [0.3, 0.4) is 0 Å². The monoisotopic (exact) mass is 284 g/mol. The zero-order valence-corrected chi connectivity index (χ0v) is 14.2. The normalized spacial score (nSPS) is 13.4. The first-order valence-electron chi connectivity index (χ1n) is 8.57. The van der Waals surface area contributed by atoms with Gasteiger partial charge in [0.1, 0.15) is 6.29 Å². The van der Waals surface area contributed by atoms with Gasteiger partial charge >= 0.3 is 0 Å². The summed E-state index contributed by atoms with van der Waals surface area (Å²) in [7, 11) is 1.74. The number of carbonyl (C=O) groups is 1. The van der Waals surface area contributed by atoms with Gasteiger partial charge in [-0.1, -0.05) is 64.7 Å². The first-order chi connectivity index (χ1) is 9.58. The predicted molar refractivity (Wildman–Crippen MR) is 87.1 cm³/mol. The Morgan fingerprint density at radius 2 is 1.45 bits per heavy atom. The Kier molecular flexibility index (Phi) is 12.1. The Morgan fingerprint density at radius 3 is 1.90 bits per heavy atom. The lowest BCUT2D eigenvalue weighted by atomic mass is 9.84. The molecule has 0 unspecified atom stereocenters. The van der Waals surface area contributed by atoms with Crippen LogP contribution in [0.4, 0.5) is 0 Å². The van der Waals surface area contributed by atoms with Gasteiger partial charge in [0.05, 0.1) is 5.60 Å². The smallest absolute Gasteiger partial charge is 0.120 e. The second kappa shape index (κ2) is 12.4. The third kappa shape index (κ3) is 9.52. The molecular weight excluding hydrogens is 248 g/mol. The van der Waals surface area contributed by atoms with Gasteiger partial charge in [0.2, 0.25) is 0 Å². The molecule has 2 nitrogen and oxygen atoms in total. The number of hydrogen-bond donors (Lipinski definition) is 0. The van der Waals surface area contributed by atoms with Crippen molar-refractivity contribution in [3.8, 4) is 0 Å². The SMILES string of the molecule is CCCCCCCCCCC[C@@H](CC=O)C(C)(C)OC. The number of hydrogen-bond acceptors (Lipinski definition) is 2. The maximum atomic E-state index is 10.8. The van der Waals surface area contributed by atoms with E-state index in [1.807, 2.05) is 0 Å². The highest BCUT2D eigenvalue weighted by molar-refractivity contribution is 5.50. The summed E-state index contributed by atoms with van der Waals surface area (Å²) in [6, 6.07) is 0. The molecule has 0 radical (unpaired) electrons. The highest BCUT2D eigenvalue weighted by Gasteiger charge is 2.28. The van der Waals surface area contributed by atoms with Crippen molar-refractivity contribution in [1.29, 1.82) is 0 Å². The minimum Gasteiger partial charge on any atom is -0.379 e. The zero-order chi connectivity index (χ0) is 15.3. The maximum absolute atomic E-state index is 10.8. The fourth-order valence-corrected chi connectivity index (χ4v) is 2.73. The standard InChI is InChI=1S/C18H36O2/c1-5-6-7-8-9-10-11-12-13-14-17(15-16-19)18(2,3)20-4/h16-17H,5-15H2,1-4H3/t17-/m0/s1. The Morgan fingerprint density at radius 1 is 0.950 bits per heavy atom. The van der Waals surface area contributed by atoms with Crippen LogP contribution in [0.2, 0.25) is 0 Å². The van der Waals surface area contributed by atoms with Gasteiger partial charge in [-0.05, 0) is 26.2 Å². The second-order valence-corrected chi connectivity index (χ2v) is 6.52. The van der Waals surface area contributed by atoms with Crippen molar-refractivity contribution in [1.82, 2.24) is 0 Å². The second-order valence-electron chi connectivity index (χ2n) is 6.52. The number of rotatable bonds is 14. The van der Waals surface area contributed by atoms with Crippen LogP contribution in [-0.2, 0) is 9.53 Å². The molecule has 0 aromatic rings. The molecule has 2 heteroatoms. The number of carbonyl (C=O) groups excluding carboxylic acids is 1. The quantitative estimate of drug-likeness (QED) is 0.309. The van der Waals surface area contributed by atoms with Gasteiger partial charge in [0.25, 0.3) is 0 Å². The molecule has 0 amide bonds. The van der Waals surface area contributed by atoms with E-state index in [4.69, 9.17) is 4.74 Å². The van der Waals surface area contributed by atoms with E-state index in [0.717, 1.165) is 12.7 Å². The van der Waals surface area contributed by atoms with Crippen LogP contribution < -0.4 is 0 Å². The molecule has 0 saturated carbocycles. The summed E-state index contributed by atoms with van der Waals surface area (Å²) in [5.41, 5.74) is -0.180. The van der Waals surface area contributed by atoms with Crippen LogP contribution in [0.1, 0.15) is 91.4 Å². The molecule has 0 aliphatic heterocycles. The summed E-state index contributed by atoms with van der Waals surface area (Å²) in [6.45, 7) is 6.45. The van der Waals surface area contributed by atoms with E-state index in [1.165, 1.54) is 57.8 Å². The first-order valence-corrected chi connectivity index (χ1v) is 8.57. The topological polar surface area (TPSA) is 26.3 Å². The summed E-state index contributed by atoms with van der Waals surface area (Å²) in [4.78, 5) is 10.8. The summed E-state index contributed by atoms with van der Waals surface area (Å²) < 4.78 is 5.53. The van der Waals surface area contributed by atoms with Crippen molar-refractivity contribution in [2.45, 2.75) is 97.0 Å². The fourth-order valence-electron chi connectivity index (χ4n) is 2.73. The van der Waals surface area contributed by atoms with Crippen LogP contribution in [-0.4, -0.2) is 19.0 Å². The molecule has 1 atom stereocenters.